The van der Waals surface area contributed by atoms with Crippen LogP contribution >= 0.6 is 0 Å². The van der Waals surface area contributed by atoms with Gasteiger partial charge in [0.05, 0.1) is 6.04 Å². The molecule has 7 heteroatoms. The lowest BCUT2D eigenvalue weighted by molar-refractivity contribution is -0.137. The van der Waals surface area contributed by atoms with E-state index in [1.165, 1.54) is 7.05 Å². The van der Waals surface area contributed by atoms with Gasteiger partial charge < -0.3 is 20.3 Å². The summed E-state index contributed by atoms with van der Waals surface area (Å²) in [6, 6.07) is -0.676. The normalized spacial score (nSPS) is 11.9. The number of aromatic nitrogens is 2. The van der Waals surface area contributed by atoms with E-state index in [9.17, 15) is 9.59 Å². The predicted octanol–water partition coefficient (Wildman–Crippen LogP) is 0.587. The standard InChI is InChI=1S/C10H16N4O3/c1-3-7(9-11-4-5-12-9)13-10(17)14(2)6-8(15)16/h4-5,7H,3,6H2,1-2H3,(H,11,12)(H,13,17)(H,15,16). The van der Waals surface area contributed by atoms with Gasteiger partial charge >= 0.3 is 12.0 Å². The molecule has 0 aliphatic carbocycles. The SMILES string of the molecule is CCC(NC(=O)N(C)CC(=O)O)c1ncc[nH]1. The van der Waals surface area contributed by atoms with Crippen LogP contribution in [0.3, 0.4) is 0 Å². The summed E-state index contributed by atoms with van der Waals surface area (Å²) < 4.78 is 0. The van der Waals surface area contributed by atoms with Gasteiger partial charge in [-0.1, -0.05) is 6.92 Å². The van der Waals surface area contributed by atoms with Crippen molar-refractivity contribution in [3.8, 4) is 0 Å². The Bertz CT molecular complexity index is 377. The third kappa shape index (κ3) is 3.78. The number of nitrogens with zero attached hydrogens (tertiary/aromatic N) is 2. The number of carboxylic acid groups (broad SMARTS) is 1. The highest BCUT2D eigenvalue weighted by atomic mass is 16.4. The number of carboxylic acids is 1. The van der Waals surface area contributed by atoms with E-state index in [1.807, 2.05) is 6.92 Å². The Hall–Kier alpha value is -2.05. The summed E-state index contributed by atoms with van der Waals surface area (Å²) in [7, 11) is 1.43. The van der Waals surface area contributed by atoms with E-state index in [1.54, 1.807) is 12.4 Å². The molecule has 0 aromatic carbocycles. The van der Waals surface area contributed by atoms with Gasteiger partial charge in [0.2, 0.25) is 0 Å². The molecule has 1 rings (SSSR count). The first kappa shape index (κ1) is 13.0. The topological polar surface area (TPSA) is 98.3 Å². The second-order valence-electron chi connectivity index (χ2n) is 3.63. The zero-order chi connectivity index (χ0) is 12.8. The first-order valence-electron chi connectivity index (χ1n) is 5.27. The van der Waals surface area contributed by atoms with Crippen LogP contribution in [0.15, 0.2) is 12.4 Å². The van der Waals surface area contributed by atoms with E-state index in [2.05, 4.69) is 15.3 Å². The van der Waals surface area contributed by atoms with E-state index < -0.39 is 12.0 Å². The Morgan fingerprint density at radius 2 is 2.35 bits per heavy atom. The molecule has 1 aromatic heterocycles. The van der Waals surface area contributed by atoms with Gasteiger partial charge in [-0.25, -0.2) is 9.78 Å². The van der Waals surface area contributed by atoms with Crippen molar-refractivity contribution in [2.45, 2.75) is 19.4 Å². The largest absolute Gasteiger partial charge is 0.480 e. The fourth-order valence-corrected chi connectivity index (χ4v) is 1.37. The Labute approximate surface area is 98.8 Å². The Morgan fingerprint density at radius 3 is 2.82 bits per heavy atom. The van der Waals surface area contributed by atoms with Crippen molar-refractivity contribution in [3.05, 3.63) is 18.2 Å². The molecule has 0 saturated heterocycles. The van der Waals surface area contributed by atoms with Crippen LogP contribution in [-0.2, 0) is 4.79 Å². The third-order valence-electron chi connectivity index (χ3n) is 2.27. The number of rotatable bonds is 5. The minimum Gasteiger partial charge on any atom is -0.480 e. The molecule has 0 bridgehead atoms. The Kier molecular flexibility index (Phi) is 4.50. The molecule has 0 fully saturated rings. The van der Waals surface area contributed by atoms with Crippen molar-refractivity contribution in [2.24, 2.45) is 0 Å². The lowest BCUT2D eigenvalue weighted by Gasteiger charge is -2.20. The first-order chi connectivity index (χ1) is 8.04. The van der Waals surface area contributed by atoms with Gasteiger partial charge in [0, 0.05) is 19.4 Å². The molecule has 17 heavy (non-hydrogen) atoms. The number of urea groups is 1. The summed E-state index contributed by atoms with van der Waals surface area (Å²) in [6.45, 7) is 1.57. The summed E-state index contributed by atoms with van der Waals surface area (Å²) in [4.78, 5) is 30.2. The van der Waals surface area contributed by atoms with Crippen molar-refractivity contribution in [1.29, 1.82) is 0 Å². The van der Waals surface area contributed by atoms with Gasteiger partial charge in [-0.2, -0.15) is 0 Å². The van der Waals surface area contributed by atoms with Gasteiger partial charge in [0.1, 0.15) is 12.4 Å². The van der Waals surface area contributed by atoms with Crippen LogP contribution in [0.25, 0.3) is 0 Å². The molecule has 94 valence electrons. The van der Waals surface area contributed by atoms with Crippen molar-refractivity contribution < 1.29 is 14.7 Å². The molecule has 7 nitrogen and oxygen atoms in total. The quantitative estimate of drug-likeness (QED) is 0.701. The maximum atomic E-state index is 11.7. The predicted molar refractivity (Wildman–Crippen MR) is 60.4 cm³/mol. The summed E-state index contributed by atoms with van der Waals surface area (Å²) >= 11 is 0. The maximum absolute atomic E-state index is 11.7. The lowest BCUT2D eigenvalue weighted by Crippen LogP contribution is -2.41. The number of nitrogens with one attached hydrogen (secondary N) is 2. The number of aliphatic carboxylic acids is 1. The number of hydrogen-bond donors (Lipinski definition) is 3. The average molecular weight is 240 g/mol. The number of carbonyl (C=O) groups excluding carboxylic acids is 1. The highest BCUT2D eigenvalue weighted by Gasteiger charge is 2.18. The second kappa shape index (κ2) is 5.88. The summed E-state index contributed by atoms with van der Waals surface area (Å²) in [5, 5.41) is 11.3. The number of carbonyl (C=O) groups is 2. The molecule has 0 saturated carbocycles. The number of imidazole rings is 1. The van der Waals surface area contributed by atoms with E-state index >= 15 is 0 Å². The minimum absolute atomic E-state index is 0.242. The molecule has 0 radical (unpaired) electrons. The van der Waals surface area contributed by atoms with Gasteiger partial charge in [-0.15, -0.1) is 0 Å². The highest BCUT2D eigenvalue weighted by Crippen LogP contribution is 2.11. The van der Waals surface area contributed by atoms with Crippen molar-refractivity contribution in [1.82, 2.24) is 20.2 Å². The van der Waals surface area contributed by atoms with Gasteiger partial charge in [0.25, 0.3) is 0 Å². The molecule has 0 aliphatic rings. The summed E-state index contributed by atoms with van der Waals surface area (Å²) in [5.41, 5.74) is 0. The fourth-order valence-electron chi connectivity index (χ4n) is 1.37. The van der Waals surface area contributed by atoms with Crippen LogP contribution < -0.4 is 5.32 Å². The average Bonchev–Trinajstić information content (AvgIpc) is 2.77. The number of amides is 2. The van der Waals surface area contributed by atoms with Crippen molar-refractivity contribution >= 4 is 12.0 Å². The zero-order valence-corrected chi connectivity index (χ0v) is 9.80. The van der Waals surface area contributed by atoms with Gasteiger partial charge in [0.15, 0.2) is 0 Å². The van der Waals surface area contributed by atoms with Crippen LogP contribution in [0.5, 0.6) is 0 Å². The van der Waals surface area contributed by atoms with Crippen LogP contribution in [0.1, 0.15) is 25.2 Å². The van der Waals surface area contributed by atoms with Crippen molar-refractivity contribution in [3.63, 3.8) is 0 Å². The van der Waals surface area contributed by atoms with Crippen LogP contribution in [0.2, 0.25) is 0 Å². The minimum atomic E-state index is -1.05. The smallest absolute Gasteiger partial charge is 0.323 e. The number of aromatic amines is 1. The molecule has 1 aromatic rings. The molecular formula is C10H16N4O3. The van der Waals surface area contributed by atoms with E-state index in [0.29, 0.717) is 12.2 Å². The number of likely N-dealkylation sites (N-methyl/N-ethyl adjacent to an activating group) is 1. The Balaban J connectivity index is 2.57. The van der Waals surface area contributed by atoms with Crippen LogP contribution in [0, 0.1) is 0 Å². The van der Waals surface area contributed by atoms with Gasteiger partial charge in [-0.05, 0) is 6.42 Å². The molecule has 3 N–H and O–H groups in total. The van der Waals surface area contributed by atoms with Crippen LogP contribution in [-0.4, -0.2) is 45.6 Å². The number of H-pyrrole nitrogens is 1. The van der Waals surface area contributed by atoms with Crippen molar-refractivity contribution in [2.75, 3.05) is 13.6 Å². The second-order valence-corrected chi connectivity index (χ2v) is 3.63. The van der Waals surface area contributed by atoms with E-state index in [0.717, 1.165) is 4.90 Å². The molecule has 0 aliphatic heterocycles. The summed E-state index contributed by atoms with van der Waals surface area (Å²) in [6.07, 6.45) is 3.94. The lowest BCUT2D eigenvalue weighted by atomic mass is 10.2. The molecular weight excluding hydrogens is 224 g/mol. The molecule has 1 heterocycles. The molecule has 2 amide bonds. The first-order valence-corrected chi connectivity index (χ1v) is 5.27. The molecule has 1 unspecified atom stereocenters. The van der Waals surface area contributed by atoms with Crippen LogP contribution in [0.4, 0.5) is 4.79 Å². The number of hydrogen-bond acceptors (Lipinski definition) is 3. The highest BCUT2D eigenvalue weighted by molar-refractivity contribution is 5.80. The van der Waals surface area contributed by atoms with E-state index in [4.69, 9.17) is 5.11 Å². The molecule has 1 atom stereocenters. The zero-order valence-electron chi connectivity index (χ0n) is 9.80. The Morgan fingerprint density at radius 1 is 1.65 bits per heavy atom. The summed E-state index contributed by atoms with van der Waals surface area (Å²) in [5.74, 6) is -0.390. The third-order valence-corrected chi connectivity index (χ3v) is 2.27. The monoisotopic (exact) mass is 240 g/mol. The van der Waals surface area contributed by atoms with Gasteiger partial charge in [-0.3, -0.25) is 4.79 Å². The maximum Gasteiger partial charge on any atom is 0.323 e. The fraction of sp³-hybridized carbons (Fsp3) is 0.500. The molecule has 0 spiro atoms. The van der Waals surface area contributed by atoms with E-state index in [-0.39, 0.29) is 12.6 Å².